The molecule has 0 unspecified atom stereocenters. The number of nitrogens with one attached hydrogen (secondary N) is 1. The molecule has 0 aromatic rings. The zero-order chi connectivity index (χ0) is 9.14. The average Bonchev–Trinajstić information content (AvgIpc) is 2.28. The third kappa shape index (κ3) is 1.42. The number of urea groups is 1. The predicted octanol–water partition coefficient (Wildman–Crippen LogP) is 0.727. The lowest BCUT2D eigenvalue weighted by molar-refractivity contribution is -0.121. The number of hydrogen-bond acceptors (Lipinski definition) is 2. The van der Waals surface area contributed by atoms with Crippen molar-refractivity contribution in [3.63, 3.8) is 0 Å². The van der Waals surface area contributed by atoms with Crippen molar-refractivity contribution in [2.24, 2.45) is 0 Å². The Morgan fingerprint density at radius 3 is 2.58 bits per heavy atom. The Kier molecular flexibility index (Phi) is 2.68. The minimum Gasteiger partial charge on any atom is -0.313 e. The van der Waals surface area contributed by atoms with E-state index in [2.05, 4.69) is 5.32 Å². The highest BCUT2D eigenvalue weighted by atomic mass is 16.2. The van der Waals surface area contributed by atoms with Gasteiger partial charge in [-0.15, -0.1) is 0 Å². The Hall–Kier alpha value is -1.06. The third-order valence-electron chi connectivity index (χ3n) is 2.07. The van der Waals surface area contributed by atoms with Gasteiger partial charge in [-0.1, -0.05) is 13.3 Å². The summed E-state index contributed by atoms with van der Waals surface area (Å²) >= 11 is 0. The summed E-state index contributed by atoms with van der Waals surface area (Å²) in [6.07, 6.45) is 1.67. The summed E-state index contributed by atoms with van der Waals surface area (Å²) < 4.78 is 0. The molecular formula is C8H14N2O2. The van der Waals surface area contributed by atoms with Crippen LogP contribution in [0.2, 0.25) is 0 Å². The molecule has 0 bridgehead atoms. The molecule has 0 saturated carbocycles. The van der Waals surface area contributed by atoms with Crippen LogP contribution < -0.4 is 5.32 Å². The summed E-state index contributed by atoms with van der Waals surface area (Å²) in [5.74, 6) is -0.149. The van der Waals surface area contributed by atoms with Crippen LogP contribution in [0.5, 0.6) is 0 Å². The first-order valence-electron chi connectivity index (χ1n) is 4.32. The van der Waals surface area contributed by atoms with Crippen LogP contribution in [-0.4, -0.2) is 29.4 Å². The Balaban J connectivity index is 2.68. The smallest absolute Gasteiger partial charge is 0.313 e. The van der Waals surface area contributed by atoms with Crippen LogP contribution in [-0.2, 0) is 4.79 Å². The van der Waals surface area contributed by atoms with E-state index in [-0.39, 0.29) is 18.0 Å². The van der Waals surface area contributed by atoms with E-state index in [0.717, 1.165) is 12.8 Å². The molecule has 1 atom stereocenters. The van der Waals surface area contributed by atoms with E-state index < -0.39 is 0 Å². The number of rotatable bonds is 3. The van der Waals surface area contributed by atoms with Gasteiger partial charge in [-0.3, -0.25) is 10.1 Å². The number of imide groups is 1. The van der Waals surface area contributed by atoms with Crippen molar-refractivity contribution in [3.05, 3.63) is 0 Å². The SMILES string of the molecule is CCC[C@H]1C(=O)NC(=O)N1CC. The standard InChI is InChI=1S/C8H14N2O2/c1-3-5-6-7(11)9-8(12)10(6)4-2/h6H,3-5H2,1-2H3,(H,9,11,12)/t6-/m0/s1. The lowest BCUT2D eigenvalue weighted by atomic mass is 10.1. The maximum atomic E-state index is 11.2. The van der Waals surface area contributed by atoms with E-state index in [4.69, 9.17) is 0 Å². The fourth-order valence-corrected chi connectivity index (χ4v) is 1.47. The molecule has 1 N–H and O–H groups in total. The van der Waals surface area contributed by atoms with Crippen molar-refractivity contribution in [1.29, 1.82) is 0 Å². The summed E-state index contributed by atoms with van der Waals surface area (Å²) in [4.78, 5) is 23.8. The summed E-state index contributed by atoms with van der Waals surface area (Å²) in [7, 11) is 0. The van der Waals surface area contributed by atoms with Crippen molar-refractivity contribution in [1.82, 2.24) is 10.2 Å². The molecule has 1 saturated heterocycles. The van der Waals surface area contributed by atoms with Crippen molar-refractivity contribution < 1.29 is 9.59 Å². The lowest BCUT2D eigenvalue weighted by Crippen LogP contribution is -2.34. The van der Waals surface area contributed by atoms with Gasteiger partial charge in [0.05, 0.1) is 0 Å². The second-order valence-electron chi connectivity index (χ2n) is 2.88. The van der Waals surface area contributed by atoms with E-state index in [1.54, 1.807) is 4.90 Å². The van der Waals surface area contributed by atoms with E-state index in [9.17, 15) is 9.59 Å². The summed E-state index contributed by atoms with van der Waals surface area (Å²) in [5, 5.41) is 2.30. The molecular weight excluding hydrogens is 156 g/mol. The largest absolute Gasteiger partial charge is 0.324 e. The molecule has 1 aliphatic rings. The van der Waals surface area contributed by atoms with Crippen molar-refractivity contribution in [3.8, 4) is 0 Å². The molecule has 12 heavy (non-hydrogen) atoms. The number of amides is 3. The van der Waals surface area contributed by atoms with Gasteiger partial charge in [-0.25, -0.2) is 4.79 Å². The fraction of sp³-hybridized carbons (Fsp3) is 0.750. The Morgan fingerprint density at radius 1 is 1.42 bits per heavy atom. The molecule has 1 aliphatic heterocycles. The summed E-state index contributed by atoms with van der Waals surface area (Å²) in [6, 6.07) is -0.478. The minimum absolute atomic E-state index is 0.149. The third-order valence-corrected chi connectivity index (χ3v) is 2.07. The number of carbonyl (C=O) groups is 2. The van der Waals surface area contributed by atoms with Gasteiger partial charge in [0, 0.05) is 6.54 Å². The first-order chi connectivity index (χ1) is 5.70. The molecule has 4 nitrogen and oxygen atoms in total. The molecule has 1 fully saturated rings. The van der Waals surface area contributed by atoms with Gasteiger partial charge >= 0.3 is 6.03 Å². The molecule has 0 aromatic heterocycles. The minimum atomic E-state index is -0.249. The van der Waals surface area contributed by atoms with Crippen molar-refractivity contribution in [2.75, 3.05) is 6.54 Å². The highest BCUT2D eigenvalue weighted by Crippen LogP contribution is 2.12. The second-order valence-corrected chi connectivity index (χ2v) is 2.88. The quantitative estimate of drug-likeness (QED) is 0.635. The van der Waals surface area contributed by atoms with Gasteiger partial charge < -0.3 is 4.90 Å². The van der Waals surface area contributed by atoms with Gasteiger partial charge in [0.25, 0.3) is 5.91 Å². The first-order valence-corrected chi connectivity index (χ1v) is 4.32. The molecule has 1 heterocycles. The number of carbonyl (C=O) groups excluding carboxylic acids is 2. The summed E-state index contributed by atoms with van der Waals surface area (Å²) in [6.45, 7) is 4.48. The van der Waals surface area contributed by atoms with Gasteiger partial charge in [-0.05, 0) is 13.3 Å². The molecule has 0 radical (unpaired) electrons. The fourth-order valence-electron chi connectivity index (χ4n) is 1.47. The Labute approximate surface area is 71.9 Å². The monoisotopic (exact) mass is 170 g/mol. The number of likely N-dealkylation sites (N-methyl/N-ethyl adjacent to an activating group) is 1. The van der Waals surface area contributed by atoms with Gasteiger partial charge in [0.1, 0.15) is 6.04 Å². The molecule has 0 spiro atoms. The van der Waals surface area contributed by atoms with Gasteiger partial charge in [-0.2, -0.15) is 0 Å². The van der Waals surface area contributed by atoms with Crippen molar-refractivity contribution in [2.45, 2.75) is 32.7 Å². The number of hydrogen-bond donors (Lipinski definition) is 1. The highest BCUT2D eigenvalue weighted by Gasteiger charge is 2.35. The van der Waals surface area contributed by atoms with Crippen LogP contribution in [0.15, 0.2) is 0 Å². The van der Waals surface area contributed by atoms with Crippen LogP contribution in [0.4, 0.5) is 4.79 Å². The van der Waals surface area contributed by atoms with E-state index in [1.165, 1.54) is 0 Å². The second kappa shape index (κ2) is 3.56. The molecule has 68 valence electrons. The molecule has 3 amide bonds. The van der Waals surface area contributed by atoms with Crippen LogP contribution in [0, 0.1) is 0 Å². The van der Waals surface area contributed by atoms with Crippen molar-refractivity contribution >= 4 is 11.9 Å². The Morgan fingerprint density at radius 2 is 2.08 bits per heavy atom. The van der Waals surface area contributed by atoms with Gasteiger partial charge in [0.15, 0.2) is 0 Å². The zero-order valence-corrected chi connectivity index (χ0v) is 7.46. The first kappa shape index (κ1) is 9.03. The van der Waals surface area contributed by atoms with Gasteiger partial charge in [0.2, 0.25) is 0 Å². The topological polar surface area (TPSA) is 49.4 Å². The highest BCUT2D eigenvalue weighted by molar-refractivity contribution is 6.04. The normalized spacial score (nSPS) is 23.2. The van der Waals surface area contributed by atoms with E-state index in [0.29, 0.717) is 6.54 Å². The lowest BCUT2D eigenvalue weighted by Gasteiger charge is -2.18. The molecule has 4 heteroatoms. The maximum Gasteiger partial charge on any atom is 0.324 e. The number of nitrogens with zero attached hydrogens (tertiary/aromatic N) is 1. The maximum absolute atomic E-state index is 11.2. The molecule has 0 aromatic carbocycles. The van der Waals surface area contributed by atoms with Crippen LogP contribution in [0.3, 0.4) is 0 Å². The predicted molar refractivity (Wildman–Crippen MR) is 44.6 cm³/mol. The Bertz CT molecular complexity index is 203. The van der Waals surface area contributed by atoms with E-state index in [1.807, 2.05) is 13.8 Å². The average molecular weight is 170 g/mol. The summed E-state index contributed by atoms with van der Waals surface area (Å²) in [5.41, 5.74) is 0. The van der Waals surface area contributed by atoms with Crippen LogP contribution in [0.25, 0.3) is 0 Å². The molecule has 0 aliphatic carbocycles. The molecule has 1 rings (SSSR count). The van der Waals surface area contributed by atoms with Crippen LogP contribution in [0.1, 0.15) is 26.7 Å². The zero-order valence-electron chi connectivity index (χ0n) is 7.46. The van der Waals surface area contributed by atoms with Crippen LogP contribution >= 0.6 is 0 Å². The van der Waals surface area contributed by atoms with E-state index >= 15 is 0 Å².